The summed E-state index contributed by atoms with van der Waals surface area (Å²) in [5.41, 5.74) is 0.214. The number of aromatic carboxylic acids is 1. The normalized spacial score (nSPS) is 10.3. The molecule has 3 nitrogen and oxygen atoms in total. The van der Waals surface area contributed by atoms with Gasteiger partial charge < -0.3 is 0 Å². The van der Waals surface area contributed by atoms with E-state index < -0.39 is 5.97 Å². The van der Waals surface area contributed by atoms with Crippen LogP contribution in [-0.2, 0) is 0 Å². The first-order valence-corrected chi connectivity index (χ1v) is 4.99. The summed E-state index contributed by atoms with van der Waals surface area (Å²) in [5, 5.41) is 9.52. The maximum atomic E-state index is 10.6. The van der Waals surface area contributed by atoms with E-state index in [9.17, 15) is 4.79 Å². The van der Waals surface area contributed by atoms with Crippen molar-refractivity contribution in [3.05, 3.63) is 30.0 Å². The van der Waals surface area contributed by atoms with Crippen molar-refractivity contribution in [1.29, 1.82) is 0 Å². The molecule has 0 atom stereocenters. The van der Waals surface area contributed by atoms with Crippen molar-refractivity contribution in [1.82, 2.24) is 3.98 Å². The zero-order valence-electron chi connectivity index (χ0n) is 6.02. The SMILES string of the molecule is O=C(O)c1n[se]c2ccccc12. The van der Waals surface area contributed by atoms with E-state index in [1.165, 1.54) is 0 Å². The Morgan fingerprint density at radius 2 is 2.17 bits per heavy atom. The Morgan fingerprint density at radius 1 is 1.42 bits per heavy atom. The number of nitrogens with zero attached hydrogens (tertiary/aromatic N) is 1. The van der Waals surface area contributed by atoms with Crippen LogP contribution in [0.5, 0.6) is 0 Å². The minimum atomic E-state index is -0.929. The molecule has 1 N–H and O–H groups in total. The number of carboxylic acid groups (broad SMARTS) is 1. The van der Waals surface area contributed by atoms with Crippen molar-refractivity contribution in [3.63, 3.8) is 0 Å². The van der Waals surface area contributed by atoms with E-state index in [1.807, 2.05) is 18.2 Å². The Labute approximate surface area is 74.6 Å². The van der Waals surface area contributed by atoms with Crippen LogP contribution in [-0.4, -0.2) is 29.8 Å². The molecule has 0 radical (unpaired) electrons. The summed E-state index contributed by atoms with van der Waals surface area (Å²) in [6.45, 7) is 0. The monoisotopic (exact) mass is 227 g/mol. The Hall–Kier alpha value is -1.12. The van der Waals surface area contributed by atoms with Gasteiger partial charge >= 0.3 is 74.2 Å². The zero-order chi connectivity index (χ0) is 8.55. The number of carboxylic acids is 1. The molecule has 0 saturated carbocycles. The Balaban J connectivity index is 2.79. The average molecular weight is 226 g/mol. The van der Waals surface area contributed by atoms with Crippen LogP contribution in [0.1, 0.15) is 10.5 Å². The van der Waals surface area contributed by atoms with Crippen molar-refractivity contribution >= 4 is 30.3 Å². The van der Waals surface area contributed by atoms with Gasteiger partial charge in [-0.15, -0.1) is 0 Å². The second-order valence-electron chi connectivity index (χ2n) is 2.33. The molecule has 0 aliphatic rings. The van der Waals surface area contributed by atoms with E-state index in [0.717, 1.165) is 9.65 Å². The van der Waals surface area contributed by atoms with Gasteiger partial charge in [-0.2, -0.15) is 0 Å². The van der Waals surface area contributed by atoms with Crippen LogP contribution in [0.2, 0.25) is 0 Å². The summed E-state index contributed by atoms with van der Waals surface area (Å²) in [5.74, 6) is -0.929. The molecule has 0 unspecified atom stereocenters. The third kappa shape index (κ3) is 1.05. The van der Waals surface area contributed by atoms with Crippen molar-refractivity contribution in [3.8, 4) is 0 Å². The van der Waals surface area contributed by atoms with E-state index in [-0.39, 0.29) is 20.4 Å². The third-order valence-corrected chi connectivity index (χ3v) is 3.31. The van der Waals surface area contributed by atoms with Crippen LogP contribution in [0.15, 0.2) is 24.3 Å². The van der Waals surface area contributed by atoms with E-state index in [1.54, 1.807) is 6.07 Å². The van der Waals surface area contributed by atoms with E-state index in [4.69, 9.17) is 5.11 Å². The molecule has 2 aromatic rings. The molecule has 1 aromatic heterocycles. The van der Waals surface area contributed by atoms with Gasteiger partial charge in [0, 0.05) is 0 Å². The van der Waals surface area contributed by atoms with Gasteiger partial charge in [0.1, 0.15) is 0 Å². The van der Waals surface area contributed by atoms with Gasteiger partial charge in [0.15, 0.2) is 0 Å². The van der Waals surface area contributed by atoms with Gasteiger partial charge in [-0.25, -0.2) is 0 Å². The number of hydrogen-bond donors (Lipinski definition) is 1. The Morgan fingerprint density at radius 3 is 2.92 bits per heavy atom. The van der Waals surface area contributed by atoms with E-state index in [2.05, 4.69) is 3.98 Å². The molecule has 0 fully saturated rings. The van der Waals surface area contributed by atoms with Crippen LogP contribution in [0.25, 0.3) is 9.65 Å². The van der Waals surface area contributed by atoms with Crippen LogP contribution in [0, 0.1) is 0 Å². The summed E-state index contributed by atoms with van der Waals surface area (Å²) in [4.78, 5) is 10.6. The predicted molar refractivity (Wildman–Crippen MR) is 45.6 cm³/mol. The number of benzene rings is 1. The summed E-state index contributed by atoms with van der Waals surface area (Å²) in [6.07, 6.45) is 0. The standard InChI is InChI=1S/C8H5NO2Se/c10-8(11)7-5-3-1-2-4-6(5)12-9-7/h1-4H,(H,10,11). The van der Waals surface area contributed by atoms with Gasteiger partial charge in [-0.1, -0.05) is 0 Å². The Bertz CT molecular complexity index is 435. The molecule has 0 spiro atoms. The topological polar surface area (TPSA) is 50.2 Å². The van der Waals surface area contributed by atoms with Crippen LogP contribution < -0.4 is 0 Å². The van der Waals surface area contributed by atoms with Crippen molar-refractivity contribution in [2.75, 3.05) is 0 Å². The summed E-state index contributed by atoms with van der Waals surface area (Å²) < 4.78 is 5.04. The minimum absolute atomic E-state index is 0.0374. The molecule has 0 amide bonds. The third-order valence-electron chi connectivity index (χ3n) is 1.58. The molecular weight excluding hydrogens is 221 g/mol. The van der Waals surface area contributed by atoms with E-state index >= 15 is 0 Å². The van der Waals surface area contributed by atoms with Gasteiger partial charge in [0.2, 0.25) is 0 Å². The summed E-state index contributed by atoms with van der Waals surface area (Å²) in [6, 6.07) is 7.46. The van der Waals surface area contributed by atoms with Gasteiger partial charge in [-0.05, 0) is 0 Å². The second kappa shape index (κ2) is 2.73. The molecule has 0 bridgehead atoms. The first kappa shape index (κ1) is 7.52. The number of carbonyl (C=O) groups is 1. The van der Waals surface area contributed by atoms with Gasteiger partial charge in [-0.3, -0.25) is 0 Å². The summed E-state index contributed by atoms with van der Waals surface area (Å²) >= 11 is -0.0374. The van der Waals surface area contributed by atoms with Crippen LogP contribution in [0.4, 0.5) is 0 Å². The van der Waals surface area contributed by atoms with Crippen molar-refractivity contribution < 1.29 is 9.90 Å². The number of hydrogen-bond acceptors (Lipinski definition) is 2. The first-order chi connectivity index (χ1) is 5.79. The molecule has 0 aliphatic carbocycles. The molecule has 4 heteroatoms. The fourth-order valence-corrected chi connectivity index (χ4v) is 2.65. The molecule has 2 rings (SSSR count). The number of rotatable bonds is 1. The fourth-order valence-electron chi connectivity index (χ4n) is 1.04. The van der Waals surface area contributed by atoms with Gasteiger partial charge in [0.05, 0.1) is 0 Å². The molecule has 12 heavy (non-hydrogen) atoms. The number of fused-ring (bicyclic) bond motifs is 1. The van der Waals surface area contributed by atoms with E-state index in [0.29, 0.717) is 0 Å². The molecule has 1 heterocycles. The number of aromatic nitrogens is 1. The quantitative estimate of drug-likeness (QED) is 0.737. The molecular formula is C8H5NO2Se. The average Bonchev–Trinajstić information content (AvgIpc) is 2.47. The zero-order valence-corrected chi connectivity index (χ0v) is 7.73. The van der Waals surface area contributed by atoms with Crippen molar-refractivity contribution in [2.45, 2.75) is 0 Å². The molecule has 60 valence electrons. The maximum absolute atomic E-state index is 10.6. The van der Waals surface area contributed by atoms with Crippen molar-refractivity contribution in [2.24, 2.45) is 0 Å². The van der Waals surface area contributed by atoms with Crippen LogP contribution in [0.3, 0.4) is 0 Å². The summed E-state index contributed by atoms with van der Waals surface area (Å²) in [7, 11) is 0. The second-order valence-corrected chi connectivity index (χ2v) is 4.02. The first-order valence-electron chi connectivity index (χ1n) is 3.37. The molecule has 0 aliphatic heterocycles. The van der Waals surface area contributed by atoms with Crippen LogP contribution >= 0.6 is 0 Å². The molecule has 0 saturated heterocycles. The fraction of sp³-hybridized carbons (Fsp3) is 0. The predicted octanol–water partition coefficient (Wildman–Crippen LogP) is 0.990. The van der Waals surface area contributed by atoms with Gasteiger partial charge in [0.25, 0.3) is 0 Å². The molecule has 1 aromatic carbocycles. The Kier molecular flexibility index (Phi) is 1.71.